The van der Waals surface area contributed by atoms with Crippen LogP contribution in [0.5, 0.6) is 5.75 Å². The van der Waals surface area contributed by atoms with Gasteiger partial charge in [-0.2, -0.15) is 5.26 Å². The van der Waals surface area contributed by atoms with Gasteiger partial charge in [-0.15, -0.1) is 0 Å². The second kappa shape index (κ2) is 4.99. The second-order valence-corrected chi connectivity index (χ2v) is 4.31. The molecular weight excluding hydrogens is 238 g/mol. The van der Waals surface area contributed by atoms with E-state index in [-0.39, 0.29) is 0 Å². The van der Waals surface area contributed by atoms with Crippen LogP contribution in [0.4, 0.5) is 11.5 Å². The van der Waals surface area contributed by atoms with E-state index in [0.717, 1.165) is 30.2 Å². The first kappa shape index (κ1) is 11.5. The van der Waals surface area contributed by atoms with Gasteiger partial charge in [-0.1, -0.05) is 18.2 Å². The lowest BCUT2D eigenvalue weighted by molar-refractivity contribution is 0.322. The van der Waals surface area contributed by atoms with E-state index >= 15 is 0 Å². The highest BCUT2D eigenvalue weighted by Crippen LogP contribution is 2.34. The number of para-hydroxylation sites is 2. The first-order chi connectivity index (χ1) is 9.38. The van der Waals surface area contributed by atoms with E-state index in [2.05, 4.69) is 16.0 Å². The number of pyridine rings is 1. The van der Waals surface area contributed by atoms with Gasteiger partial charge < -0.3 is 9.64 Å². The Morgan fingerprint density at radius 3 is 2.95 bits per heavy atom. The van der Waals surface area contributed by atoms with Crippen molar-refractivity contribution in [3.63, 3.8) is 0 Å². The SMILES string of the molecule is N#Cc1cccc(N2CCCOc3ccccc32)n1. The molecular formula is C15H13N3O. The Kier molecular flexibility index (Phi) is 3.03. The summed E-state index contributed by atoms with van der Waals surface area (Å²) in [7, 11) is 0. The first-order valence-electron chi connectivity index (χ1n) is 6.25. The van der Waals surface area contributed by atoms with Gasteiger partial charge in [0.2, 0.25) is 0 Å². The van der Waals surface area contributed by atoms with Gasteiger partial charge in [-0.3, -0.25) is 0 Å². The average molecular weight is 251 g/mol. The molecule has 4 heteroatoms. The molecule has 3 rings (SSSR count). The molecule has 0 saturated carbocycles. The van der Waals surface area contributed by atoms with E-state index in [1.807, 2.05) is 36.4 Å². The van der Waals surface area contributed by atoms with E-state index in [4.69, 9.17) is 10.00 Å². The molecule has 2 aromatic rings. The van der Waals surface area contributed by atoms with Gasteiger partial charge in [0, 0.05) is 6.54 Å². The van der Waals surface area contributed by atoms with E-state index < -0.39 is 0 Å². The van der Waals surface area contributed by atoms with Crippen molar-refractivity contribution in [3.05, 3.63) is 48.2 Å². The molecule has 0 radical (unpaired) electrons. The Hall–Kier alpha value is -2.54. The van der Waals surface area contributed by atoms with Crippen molar-refractivity contribution >= 4 is 11.5 Å². The van der Waals surface area contributed by atoms with Crippen LogP contribution in [0.1, 0.15) is 12.1 Å². The molecule has 0 unspecified atom stereocenters. The fourth-order valence-electron chi connectivity index (χ4n) is 2.20. The molecule has 0 saturated heterocycles. The van der Waals surface area contributed by atoms with Crippen molar-refractivity contribution in [3.8, 4) is 11.8 Å². The Morgan fingerprint density at radius 1 is 1.16 bits per heavy atom. The number of rotatable bonds is 1. The standard InChI is InChI=1S/C15H13N3O/c16-11-12-5-3-8-15(17-12)18-9-4-10-19-14-7-2-1-6-13(14)18/h1-3,5-8H,4,9-10H2. The third-order valence-corrected chi connectivity index (χ3v) is 3.07. The Morgan fingerprint density at radius 2 is 2.05 bits per heavy atom. The van der Waals surface area contributed by atoms with Gasteiger partial charge in [0.05, 0.1) is 12.3 Å². The van der Waals surface area contributed by atoms with Crippen molar-refractivity contribution in [1.82, 2.24) is 4.98 Å². The third kappa shape index (κ3) is 2.23. The molecule has 2 heterocycles. The van der Waals surface area contributed by atoms with E-state index in [9.17, 15) is 0 Å². The minimum Gasteiger partial charge on any atom is -0.491 e. The van der Waals surface area contributed by atoms with E-state index in [1.165, 1.54) is 0 Å². The molecule has 1 aromatic carbocycles. The molecule has 0 atom stereocenters. The summed E-state index contributed by atoms with van der Waals surface area (Å²) in [6, 6.07) is 15.5. The maximum absolute atomic E-state index is 8.96. The number of ether oxygens (including phenoxy) is 1. The summed E-state index contributed by atoms with van der Waals surface area (Å²) in [6.45, 7) is 1.53. The van der Waals surface area contributed by atoms with Crippen LogP contribution in [-0.2, 0) is 0 Å². The largest absolute Gasteiger partial charge is 0.491 e. The minimum atomic E-state index is 0.431. The summed E-state index contributed by atoms with van der Waals surface area (Å²) in [6.07, 6.45) is 0.924. The van der Waals surface area contributed by atoms with Crippen LogP contribution in [0.2, 0.25) is 0 Å². The number of fused-ring (bicyclic) bond motifs is 1. The number of nitriles is 1. The molecule has 19 heavy (non-hydrogen) atoms. The predicted molar refractivity (Wildman–Crippen MR) is 72.5 cm³/mol. The molecule has 0 bridgehead atoms. The number of anilines is 2. The Labute approximate surface area is 111 Å². The summed E-state index contributed by atoms with van der Waals surface area (Å²) in [4.78, 5) is 6.47. The highest BCUT2D eigenvalue weighted by Gasteiger charge is 2.18. The topological polar surface area (TPSA) is 49.2 Å². The zero-order chi connectivity index (χ0) is 13.1. The summed E-state index contributed by atoms with van der Waals surface area (Å²) in [5, 5.41) is 8.96. The van der Waals surface area contributed by atoms with Gasteiger partial charge in [-0.25, -0.2) is 4.98 Å². The number of aromatic nitrogens is 1. The summed E-state index contributed by atoms with van der Waals surface area (Å²) in [5.41, 5.74) is 1.43. The molecule has 0 fully saturated rings. The van der Waals surface area contributed by atoms with Crippen molar-refractivity contribution in [2.45, 2.75) is 6.42 Å². The molecule has 0 spiro atoms. The molecule has 1 aliphatic rings. The Balaban J connectivity index is 2.07. The maximum Gasteiger partial charge on any atom is 0.142 e. The van der Waals surface area contributed by atoms with Crippen molar-refractivity contribution in [2.24, 2.45) is 0 Å². The van der Waals surface area contributed by atoms with Crippen LogP contribution < -0.4 is 9.64 Å². The molecule has 94 valence electrons. The molecule has 0 N–H and O–H groups in total. The van der Waals surface area contributed by atoms with Gasteiger partial charge in [0.1, 0.15) is 23.3 Å². The fourth-order valence-corrected chi connectivity index (χ4v) is 2.20. The van der Waals surface area contributed by atoms with Gasteiger partial charge in [0.15, 0.2) is 0 Å². The fraction of sp³-hybridized carbons (Fsp3) is 0.200. The average Bonchev–Trinajstić information content (AvgIpc) is 2.69. The van der Waals surface area contributed by atoms with Crippen LogP contribution in [0.3, 0.4) is 0 Å². The molecule has 4 nitrogen and oxygen atoms in total. The molecule has 0 amide bonds. The summed E-state index contributed by atoms with van der Waals surface area (Å²) < 4.78 is 5.72. The lowest BCUT2D eigenvalue weighted by atomic mass is 10.2. The molecule has 1 aromatic heterocycles. The van der Waals surface area contributed by atoms with Crippen molar-refractivity contribution in [1.29, 1.82) is 5.26 Å². The van der Waals surface area contributed by atoms with Crippen LogP contribution >= 0.6 is 0 Å². The van der Waals surface area contributed by atoms with Gasteiger partial charge >= 0.3 is 0 Å². The minimum absolute atomic E-state index is 0.431. The predicted octanol–water partition coefficient (Wildman–Crippen LogP) is 2.87. The summed E-state index contributed by atoms with van der Waals surface area (Å²) in [5.74, 6) is 1.65. The van der Waals surface area contributed by atoms with Crippen LogP contribution in [-0.4, -0.2) is 18.1 Å². The van der Waals surface area contributed by atoms with Crippen LogP contribution in [0, 0.1) is 11.3 Å². The third-order valence-electron chi connectivity index (χ3n) is 3.07. The highest BCUT2D eigenvalue weighted by atomic mass is 16.5. The number of benzene rings is 1. The monoisotopic (exact) mass is 251 g/mol. The molecule has 0 aliphatic carbocycles. The van der Waals surface area contributed by atoms with E-state index in [0.29, 0.717) is 12.3 Å². The van der Waals surface area contributed by atoms with Crippen LogP contribution in [0.15, 0.2) is 42.5 Å². The van der Waals surface area contributed by atoms with E-state index in [1.54, 1.807) is 6.07 Å². The smallest absolute Gasteiger partial charge is 0.142 e. The zero-order valence-corrected chi connectivity index (χ0v) is 10.4. The number of hydrogen-bond acceptors (Lipinski definition) is 4. The van der Waals surface area contributed by atoms with Gasteiger partial charge in [0.25, 0.3) is 0 Å². The van der Waals surface area contributed by atoms with Gasteiger partial charge in [-0.05, 0) is 30.7 Å². The van der Waals surface area contributed by atoms with Crippen molar-refractivity contribution in [2.75, 3.05) is 18.1 Å². The lowest BCUT2D eigenvalue weighted by Crippen LogP contribution is -2.19. The maximum atomic E-state index is 8.96. The second-order valence-electron chi connectivity index (χ2n) is 4.31. The van der Waals surface area contributed by atoms with Crippen molar-refractivity contribution < 1.29 is 4.74 Å². The van der Waals surface area contributed by atoms with Crippen LogP contribution in [0.25, 0.3) is 0 Å². The lowest BCUT2D eigenvalue weighted by Gasteiger charge is -2.22. The normalized spacial score (nSPS) is 13.9. The Bertz CT molecular complexity index is 633. The number of nitrogens with zero attached hydrogens (tertiary/aromatic N) is 3. The number of hydrogen-bond donors (Lipinski definition) is 0. The first-order valence-corrected chi connectivity index (χ1v) is 6.25. The summed E-state index contributed by atoms with van der Waals surface area (Å²) >= 11 is 0. The highest BCUT2D eigenvalue weighted by molar-refractivity contribution is 5.67. The molecule has 1 aliphatic heterocycles. The quantitative estimate of drug-likeness (QED) is 0.782. The zero-order valence-electron chi connectivity index (χ0n) is 10.4.